The molecule has 0 radical (unpaired) electrons. The quantitative estimate of drug-likeness (QED) is 0.0976. The zero-order chi connectivity index (χ0) is 35.5. The minimum atomic E-state index is -1.41. The van der Waals surface area contributed by atoms with Crippen LogP contribution in [0.1, 0.15) is 63.1 Å². The van der Waals surface area contributed by atoms with Gasteiger partial charge in [0.05, 0.1) is 6.42 Å². The van der Waals surface area contributed by atoms with E-state index in [1.165, 1.54) is 0 Å². The molecule has 0 fully saturated rings. The molecule has 0 spiro atoms. The van der Waals surface area contributed by atoms with Crippen molar-refractivity contribution in [2.24, 2.45) is 0 Å². The first-order valence-corrected chi connectivity index (χ1v) is 16.1. The van der Waals surface area contributed by atoms with Crippen LogP contribution < -0.4 is 16.0 Å². The number of rotatable bonds is 17. The van der Waals surface area contributed by atoms with E-state index in [0.29, 0.717) is 12.8 Å². The number of nitrogens with one attached hydrogen (secondary N) is 3. The second kappa shape index (κ2) is 20.1. The van der Waals surface area contributed by atoms with Gasteiger partial charge in [0.2, 0.25) is 5.91 Å². The largest absolute Gasteiger partial charge is 0.461 e. The number of hydrogen-bond acceptors (Lipinski definition) is 9. The number of carbonyl (C=O) groups excluding carboxylic acids is 5. The summed E-state index contributed by atoms with van der Waals surface area (Å²) in [6.07, 6.45) is -0.989. The molecule has 3 aromatic carbocycles. The van der Waals surface area contributed by atoms with Crippen LogP contribution in [0.4, 0.5) is 9.59 Å². The molecule has 0 aliphatic rings. The number of unbranched alkanes of at least 4 members (excludes halogenated alkanes) is 1. The number of ether oxygens (including phenoxy) is 4. The van der Waals surface area contributed by atoms with Crippen molar-refractivity contribution in [1.29, 1.82) is 0 Å². The van der Waals surface area contributed by atoms with Gasteiger partial charge in [0.25, 0.3) is 0 Å². The van der Waals surface area contributed by atoms with Crippen molar-refractivity contribution in [2.75, 3.05) is 6.54 Å². The van der Waals surface area contributed by atoms with E-state index in [1.54, 1.807) is 57.2 Å². The lowest BCUT2D eigenvalue weighted by Crippen LogP contribution is -2.53. The fourth-order valence-electron chi connectivity index (χ4n) is 4.41. The number of benzene rings is 3. The van der Waals surface area contributed by atoms with E-state index in [9.17, 15) is 24.0 Å². The Labute approximate surface area is 286 Å². The van der Waals surface area contributed by atoms with E-state index >= 15 is 0 Å². The highest BCUT2D eigenvalue weighted by molar-refractivity contribution is 5.92. The van der Waals surface area contributed by atoms with E-state index < -0.39 is 54.1 Å². The zero-order valence-corrected chi connectivity index (χ0v) is 28.1. The molecule has 3 N–H and O–H groups in total. The SMILES string of the molecule is CC(C)(C)OC(=O)N[C@H](CC(=O)OCc1ccccc1)C(=O)N[C@@H](CCCCNC(=O)OCc1ccccc1)C(=O)OCc1ccccc1. The Morgan fingerprint density at radius 2 is 1.12 bits per heavy atom. The minimum absolute atomic E-state index is 0.0216. The first-order chi connectivity index (χ1) is 23.5. The molecule has 0 saturated heterocycles. The van der Waals surface area contributed by atoms with Gasteiger partial charge in [0, 0.05) is 6.54 Å². The zero-order valence-electron chi connectivity index (χ0n) is 28.1. The standard InChI is InChI=1S/C37H45N3O9/c1-37(2,3)49-36(45)40-31(23-32(41)46-24-27-15-7-4-8-16-27)33(42)39-30(34(43)47-25-28-17-9-5-10-18-28)21-13-14-22-38-35(44)48-26-29-19-11-6-12-20-29/h4-12,15-20,30-31H,13-14,21-26H2,1-3H3,(H,38,44)(H,39,42)(H,40,45)/t30-,31+/m0/s1. The Kier molecular flexibility index (Phi) is 15.6. The Morgan fingerprint density at radius 3 is 1.65 bits per heavy atom. The number of alkyl carbamates (subject to hydrolysis) is 2. The maximum Gasteiger partial charge on any atom is 0.408 e. The van der Waals surface area contributed by atoms with Crippen molar-refractivity contribution in [3.63, 3.8) is 0 Å². The van der Waals surface area contributed by atoms with Gasteiger partial charge in [-0.2, -0.15) is 0 Å². The third-order valence-electron chi connectivity index (χ3n) is 6.85. The normalized spacial score (nSPS) is 12.1. The second-order valence-electron chi connectivity index (χ2n) is 12.2. The summed E-state index contributed by atoms with van der Waals surface area (Å²) in [4.78, 5) is 64.3. The van der Waals surface area contributed by atoms with E-state index in [4.69, 9.17) is 18.9 Å². The summed E-state index contributed by atoms with van der Waals surface area (Å²) in [5, 5.41) is 7.73. The second-order valence-corrected chi connectivity index (χ2v) is 12.2. The highest BCUT2D eigenvalue weighted by Crippen LogP contribution is 2.11. The van der Waals surface area contributed by atoms with Gasteiger partial charge in [-0.25, -0.2) is 14.4 Å². The topological polar surface area (TPSA) is 158 Å². The van der Waals surface area contributed by atoms with Crippen molar-refractivity contribution >= 4 is 30.0 Å². The van der Waals surface area contributed by atoms with Crippen LogP contribution in [-0.2, 0) is 53.2 Å². The average molecular weight is 676 g/mol. The molecule has 12 heteroatoms. The Bertz CT molecular complexity index is 1480. The van der Waals surface area contributed by atoms with Gasteiger partial charge >= 0.3 is 24.1 Å². The molecule has 0 aliphatic heterocycles. The van der Waals surface area contributed by atoms with Crippen LogP contribution in [-0.4, -0.2) is 54.3 Å². The molecule has 2 atom stereocenters. The fraction of sp³-hybridized carbons (Fsp3) is 0.378. The third-order valence-corrected chi connectivity index (χ3v) is 6.85. The molecule has 0 aliphatic carbocycles. The van der Waals surface area contributed by atoms with Crippen LogP contribution in [0.3, 0.4) is 0 Å². The molecule has 0 heterocycles. The Balaban J connectivity index is 1.61. The van der Waals surface area contributed by atoms with Crippen LogP contribution in [0.25, 0.3) is 0 Å². The van der Waals surface area contributed by atoms with Crippen molar-refractivity contribution in [2.45, 2.75) is 84.0 Å². The van der Waals surface area contributed by atoms with E-state index in [-0.39, 0.29) is 32.8 Å². The summed E-state index contributed by atoms with van der Waals surface area (Å²) in [5.41, 5.74) is 1.49. The molecule has 12 nitrogen and oxygen atoms in total. The summed E-state index contributed by atoms with van der Waals surface area (Å²) < 4.78 is 21.4. The molecule has 3 rings (SSSR count). The molecule has 262 valence electrons. The Hall–Kier alpha value is -5.39. The summed E-state index contributed by atoms with van der Waals surface area (Å²) in [7, 11) is 0. The summed E-state index contributed by atoms with van der Waals surface area (Å²) in [6, 6.07) is 24.8. The maximum atomic E-state index is 13.5. The van der Waals surface area contributed by atoms with Crippen LogP contribution in [0.5, 0.6) is 0 Å². The van der Waals surface area contributed by atoms with Crippen molar-refractivity contribution < 1.29 is 42.9 Å². The molecule has 3 amide bonds. The number of amides is 3. The number of hydrogen-bond donors (Lipinski definition) is 3. The summed E-state index contributed by atoms with van der Waals surface area (Å²) >= 11 is 0. The summed E-state index contributed by atoms with van der Waals surface area (Å²) in [5.74, 6) is -2.24. The highest BCUT2D eigenvalue weighted by Gasteiger charge is 2.31. The predicted molar refractivity (Wildman–Crippen MR) is 181 cm³/mol. The predicted octanol–water partition coefficient (Wildman–Crippen LogP) is 5.34. The molecular formula is C37H45N3O9. The van der Waals surface area contributed by atoms with Crippen molar-refractivity contribution in [3.8, 4) is 0 Å². The van der Waals surface area contributed by atoms with Crippen LogP contribution >= 0.6 is 0 Å². The summed E-state index contributed by atoms with van der Waals surface area (Å²) in [6.45, 7) is 5.33. The lowest BCUT2D eigenvalue weighted by molar-refractivity contribution is -0.150. The molecule has 49 heavy (non-hydrogen) atoms. The number of esters is 2. The average Bonchev–Trinajstić information content (AvgIpc) is 3.08. The smallest absolute Gasteiger partial charge is 0.408 e. The first-order valence-electron chi connectivity index (χ1n) is 16.1. The van der Waals surface area contributed by atoms with E-state index in [2.05, 4.69) is 16.0 Å². The van der Waals surface area contributed by atoms with Gasteiger partial charge in [-0.15, -0.1) is 0 Å². The minimum Gasteiger partial charge on any atom is -0.461 e. The Morgan fingerprint density at radius 1 is 0.612 bits per heavy atom. The molecular weight excluding hydrogens is 630 g/mol. The third kappa shape index (κ3) is 15.8. The number of carbonyl (C=O) groups is 5. The van der Waals surface area contributed by atoms with E-state index in [0.717, 1.165) is 16.7 Å². The maximum absolute atomic E-state index is 13.5. The van der Waals surface area contributed by atoms with Gasteiger partial charge in [0.1, 0.15) is 37.5 Å². The van der Waals surface area contributed by atoms with Crippen LogP contribution in [0.15, 0.2) is 91.0 Å². The van der Waals surface area contributed by atoms with Crippen LogP contribution in [0.2, 0.25) is 0 Å². The van der Waals surface area contributed by atoms with Crippen molar-refractivity contribution in [1.82, 2.24) is 16.0 Å². The lowest BCUT2D eigenvalue weighted by atomic mass is 10.1. The van der Waals surface area contributed by atoms with Gasteiger partial charge < -0.3 is 34.9 Å². The molecule has 0 unspecified atom stereocenters. The first kappa shape index (κ1) is 38.1. The van der Waals surface area contributed by atoms with E-state index in [1.807, 2.05) is 54.6 Å². The van der Waals surface area contributed by atoms with Crippen LogP contribution in [0, 0.1) is 0 Å². The van der Waals surface area contributed by atoms with Gasteiger partial charge in [-0.05, 0) is 56.7 Å². The van der Waals surface area contributed by atoms with Gasteiger partial charge in [-0.1, -0.05) is 91.0 Å². The fourth-order valence-corrected chi connectivity index (χ4v) is 4.41. The van der Waals surface area contributed by atoms with Crippen molar-refractivity contribution in [3.05, 3.63) is 108 Å². The monoisotopic (exact) mass is 675 g/mol. The molecule has 0 aromatic heterocycles. The van der Waals surface area contributed by atoms with Gasteiger partial charge in [-0.3, -0.25) is 9.59 Å². The highest BCUT2D eigenvalue weighted by atomic mass is 16.6. The molecule has 3 aromatic rings. The lowest BCUT2D eigenvalue weighted by Gasteiger charge is -2.25. The molecule has 0 saturated carbocycles. The molecule has 0 bridgehead atoms. The van der Waals surface area contributed by atoms with Gasteiger partial charge in [0.15, 0.2) is 0 Å².